The number of amides is 1. The van der Waals surface area contributed by atoms with E-state index in [2.05, 4.69) is 31.8 Å². The molecular weight excluding hydrogens is 304 g/mol. The zero-order valence-corrected chi connectivity index (χ0v) is 12.8. The molecule has 1 amide bonds. The summed E-state index contributed by atoms with van der Waals surface area (Å²) in [6, 6.07) is 1.22. The molecule has 0 aromatic carbocycles. The van der Waals surface area contributed by atoms with Crippen molar-refractivity contribution >= 4 is 21.8 Å². The van der Waals surface area contributed by atoms with E-state index in [1.54, 1.807) is 0 Å². The molecule has 0 aliphatic carbocycles. The molecule has 0 aromatic rings. The summed E-state index contributed by atoms with van der Waals surface area (Å²) in [5.41, 5.74) is 0. The van der Waals surface area contributed by atoms with E-state index >= 15 is 0 Å². The molecule has 4 aliphatic rings. The standard InChI is InChI=1S/C15H21BrN2O/c16-12-4-5-14-10-7-11(9-18(14)15(12)19)13-3-1-2-6-17(13)8-10/h4,10-11,13-14H,1-3,5-9H2/t10-,11-,13-,14+/m0/s1. The fourth-order valence-electron chi connectivity index (χ4n) is 4.82. The van der Waals surface area contributed by atoms with Gasteiger partial charge in [0.2, 0.25) is 0 Å². The average Bonchev–Trinajstić information content (AvgIpc) is 2.44. The van der Waals surface area contributed by atoms with E-state index in [0.29, 0.717) is 12.0 Å². The quantitative estimate of drug-likeness (QED) is 0.683. The van der Waals surface area contributed by atoms with Gasteiger partial charge in [0.15, 0.2) is 0 Å². The minimum absolute atomic E-state index is 0.232. The summed E-state index contributed by atoms with van der Waals surface area (Å²) in [5, 5.41) is 0. The third-order valence-corrected chi connectivity index (χ3v) is 6.33. The molecule has 4 atom stereocenters. The van der Waals surface area contributed by atoms with Crippen molar-refractivity contribution in [2.24, 2.45) is 11.8 Å². The molecule has 0 N–H and O–H groups in total. The Kier molecular flexibility index (Phi) is 2.99. The monoisotopic (exact) mass is 324 g/mol. The highest BCUT2D eigenvalue weighted by Crippen LogP contribution is 2.43. The molecule has 4 rings (SSSR count). The van der Waals surface area contributed by atoms with Gasteiger partial charge < -0.3 is 4.90 Å². The first-order valence-electron chi connectivity index (χ1n) is 7.64. The van der Waals surface area contributed by atoms with E-state index in [0.717, 1.165) is 29.4 Å². The summed E-state index contributed by atoms with van der Waals surface area (Å²) in [6.07, 6.45) is 8.58. The maximum Gasteiger partial charge on any atom is 0.260 e. The zero-order chi connectivity index (χ0) is 13.0. The number of piperidine rings is 3. The van der Waals surface area contributed by atoms with Crippen LogP contribution in [0, 0.1) is 11.8 Å². The van der Waals surface area contributed by atoms with Gasteiger partial charge in [-0.3, -0.25) is 9.69 Å². The Bertz CT molecular complexity index is 436. The van der Waals surface area contributed by atoms with Crippen LogP contribution in [0.5, 0.6) is 0 Å². The fraction of sp³-hybridized carbons (Fsp3) is 0.800. The molecule has 19 heavy (non-hydrogen) atoms. The normalized spacial score (nSPS) is 42.5. The highest BCUT2D eigenvalue weighted by Gasteiger charge is 2.48. The Labute approximate surface area is 123 Å². The van der Waals surface area contributed by atoms with Crippen LogP contribution in [0.1, 0.15) is 32.1 Å². The number of hydrogen-bond donors (Lipinski definition) is 0. The molecule has 2 bridgehead atoms. The van der Waals surface area contributed by atoms with E-state index in [4.69, 9.17) is 0 Å². The number of halogens is 1. The van der Waals surface area contributed by atoms with E-state index in [1.807, 2.05) is 0 Å². The highest BCUT2D eigenvalue weighted by molar-refractivity contribution is 9.12. The third kappa shape index (κ3) is 1.90. The van der Waals surface area contributed by atoms with Crippen LogP contribution in [0.4, 0.5) is 0 Å². The molecule has 0 saturated carbocycles. The van der Waals surface area contributed by atoms with Crippen molar-refractivity contribution in [2.45, 2.75) is 44.2 Å². The first kappa shape index (κ1) is 12.4. The molecule has 3 nitrogen and oxygen atoms in total. The van der Waals surface area contributed by atoms with Crippen molar-refractivity contribution in [3.8, 4) is 0 Å². The second kappa shape index (κ2) is 4.59. The Morgan fingerprint density at radius 1 is 1.16 bits per heavy atom. The van der Waals surface area contributed by atoms with Gasteiger partial charge in [-0.2, -0.15) is 0 Å². The number of rotatable bonds is 0. The molecule has 104 valence electrons. The van der Waals surface area contributed by atoms with E-state index in [-0.39, 0.29) is 5.91 Å². The summed E-state index contributed by atoms with van der Waals surface area (Å²) >= 11 is 3.42. The zero-order valence-electron chi connectivity index (χ0n) is 11.2. The van der Waals surface area contributed by atoms with E-state index in [9.17, 15) is 4.79 Å². The van der Waals surface area contributed by atoms with Gasteiger partial charge in [0.05, 0.1) is 4.48 Å². The maximum atomic E-state index is 12.3. The predicted octanol–water partition coefficient (Wildman–Crippen LogP) is 2.37. The van der Waals surface area contributed by atoms with Gasteiger partial charge >= 0.3 is 0 Å². The molecule has 0 unspecified atom stereocenters. The SMILES string of the molecule is O=C1C(Br)=CC[C@@H]2[C@H]3C[C@@H](CN12)[C@@H]1CCCCN1C3. The van der Waals surface area contributed by atoms with Crippen LogP contribution in [-0.2, 0) is 4.79 Å². The lowest BCUT2D eigenvalue weighted by molar-refractivity contribution is -0.140. The van der Waals surface area contributed by atoms with E-state index in [1.165, 1.54) is 38.8 Å². The molecular formula is C15H21BrN2O. The largest absolute Gasteiger partial charge is 0.334 e. The van der Waals surface area contributed by atoms with Crippen molar-refractivity contribution < 1.29 is 4.79 Å². The van der Waals surface area contributed by atoms with Crippen LogP contribution in [-0.4, -0.2) is 47.4 Å². The van der Waals surface area contributed by atoms with Crippen molar-refractivity contribution in [3.63, 3.8) is 0 Å². The van der Waals surface area contributed by atoms with Crippen LogP contribution in [0.15, 0.2) is 10.6 Å². The Morgan fingerprint density at radius 2 is 2.00 bits per heavy atom. The summed E-state index contributed by atoms with van der Waals surface area (Å²) in [7, 11) is 0. The predicted molar refractivity (Wildman–Crippen MR) is 77.9 cm³/mol. The van der Waals surface area contributed by atoms with Gasteiger partial charge in [-0.15, -0.1) is 0 Å². The first-order chi connectivity index (χ1) is 9.24. The lowest BCUT2D eigenvalue weighted by atomic mass is 9.71. The van der Waals surface area contributed by atoms with Crippen molar-refractivity contribution in [3.05, 3.63) is 10.6 Å². The highest BCUT2D eigenvalue weighted by atomic mass is 79.9. The Hall–Kier alpha value is -0.350. The van der Waals surface area contributed by atoms with Crippen LogP contribution >= 0.6 is 15.9 Å². The van der Waals surface area contributed by atoms with Gasteiger partial charge in [-0.05, 0) is 60.0 Å². The number of fused-ring (bicyclic) bond motifs is 6. The van der Waals surface area contributed by atoms with Gasteiger partial charge in [-0.1, -0.05) is 12.5 Å². The third-order valence-electron chi connectivity index (χ3n) is 5.66. The second-order valence-electron chi connectivity index (χ2n) is 6.63. The number of hydrogen-bond acceptors (Lipinski definition) is 2. The average molecular weight is 325 g/mol. The summed E-state index contributed by atoms with van der Waals surface area (Å²) in [6.45, 7) is 3.50. The van der Waals surface area contributed by atoms with Crippen LogP contribution in [0.3, 0.4) is 0 Å². The van der Waals surface area contributed by atoms with E-state index < -0.39 is 0 Å². The van der Waals surface area contributed by atoms with Crippen molar-refractivity contribution in [1.82, 2.24) is 9.80 Å². The van der Waals surface area contributed by atoms with Gasteiger partial charge in [0, 0.05) is 25.2 Å². The minimum atomic E-state index is 0.232. The Morgan fingerprint density at radius 3 is 2.89 bits per heavy atom. The van der Waals surface area contributed by atoms with Gasteiger partial charge in [0.25, 0.3) is 5.91 Å². The second-order valence-corrected chi connectivity index (χ2v) is 7.48. The molecule has 4 heterocycles. The summed E-state index contributed by atoms with van der Waals surface area (Å²) in [4.78, 5) is 17.3. The molecule has 0 radical (unpaired) electrons. The summed E-state index contributed by atoms with van der Waals surface area (Å²) < 4.78 is 0.782. The first-order valence-corrected chi connectivity index (χ1v) is 8.44. The van der Waals surface area contributed by atoms with Crippen molar-refractivity contribution in [2.75, 3.05) is 19.6 Å². The number of carbonyl (C=O) groups excluding carboxylic acids is 1. The van der Waals surface area contributed by atoms with Crippen LogP contribution < -0.4 is 0 Å². The van der Waals surface area contributed by atoms with Crippen LogP contribution in [0.25, 0.3) is 0 Å². The molecule has 0 aromatic heterocycles. The maximum absolute atomic E-state index is 12.3. The lowest BCUT2D eigenvalue weighted by Crippen LogP contribution is -2.64. The lowest BCUT2D eigenvalue weighted by Gasteiger charge is -2.56. The molecule has 3 saturated heterocycles. The molecule has 3 fully saturated rings. The number of nitrogens with zero attached hydrogens (tertiary/aromatic N) is 2. The van der Waals surface area contributed by atoms with Crippen molar-refractivity contribution in [1.29, 1.82) is 0 Å². The fourth-order valence-corrected chi connectivity index (χ4v) is 5.23. The number of carbonyl (C=O) groups is 1. The summed E-state index contributed by atoms with van der Waals surface area (Å²) in [5.74, 6) is 1.65. The van der Waals surface area contributed by atoms with Gasteiger partial charge in [-0.25, -0.2) is 0 Å². The van der Waals surface area contributed by atoms with Crippen LogP contribution in [0.2, 0.25) is 0 Å². The molecule has 4 heteroatoms. The topological polar surface area (TPSA) is 23.6 Å². The van der Waals surface area contributed by atoms with Gasteiger partial charge in [0.1, 0.15) is 0 Å². The molecule has 4 aliphatic heterocycles. The minimum Gasteiger partial charge on any atom is -0.334 e. The Balaban J connectivity index is 1.62. The smallest absolute Gasteiger partial charge is 0.260 e. The molecule has 0 spiro atoms.